The second-order valence-electron chi connectivity index (χ2n) is 4.46. The van der Waals surface area contributed by atoms with Crippen molar-refractivity contribution in [3.05, 3.63) is 0 Å². The number of carbonyl (C=O) groups excluding carboxylic acids is 1. The van der Waals surface area contributed by atoms with Crippen molar-refractivity contribution in [3.63, 3.8) is 0 Å². The lowest BCUT2D eigenvalue weighted by atomic mass is 10.2. The third-order valence-electron chi connectivity index (χ3n) is 3.06. The summed E-state index contributed by atoms with van der Waals surface area (Å²) in [7, 11) is -0.00924. The maximum Gasteiger partial charge on any atom is 0.238 e. The van der Waals surface area contributed by atoms with Crippen LogP contribution in [-0.2, 0) is 14.8 Å². The number of amides is 1. The summed E-state index contributed by atoms with van der Waals surface area (Å²) in [4.78, 5) is 13.8. The normalized spacial score (nSPS) is 20.0. The van der Waals surface area contributed by atoms with Crippen LogP contribution < -0.4 is 5.32 Å². The number of carbonyl (C=O) groups is 1. The summed E-state index contributed by atoms with van der Waals surface area (Å²) in [5, 5.41) is 3.05. The highest BCUT2D eigenvalue weighted by Gasteiger charge is 2.29. The van der Waals surface area contributed by atoms with E-state index in [4.69, 9.17) is 0 Å². The van der Waals surface area contributed by atoms with Crippen molar-refractivity contribution in [1.82, 2.24) is 14.5 Å². The Bertz CT molecular complexity index is 375. The largest absolute Gasteiger partial charge is 0.337 e. The zero-order valence-electron chi connectivity index (χ0n) is 11.0. The molecule has 1 rings (SSSR count). The highest BCUT2D eigenvalue weighted by molar-refractivity contribution is 7.88. The van der Waals surface area contributed by atoms with Gasteiger partial charge in [0.1, 0.15) is 0 Å². The molecule has 1 saturated heterocycles. The van der Waals surface area contributed by atoms with Crippen molar-refractivity contribution in [2.75, 3.05) is 40.0 Å². The molecule has 1 amide bonds. The SMILES string of the molecule is CNCC1CCCN1C(=O)CN(C)S(C)(=O)=O.Cl. The number of hydrogen-bond acceptors (Lipinski definition) is 4. The van der Waals surface area contributed by atoms with Gasteiger partial charge in [0.15, 0.2) is 0 Å². The molecule has 0 aromatic rings. The molecule has 18 heavy (non-hydrogen) atoms. The minimum absolute atomic E-state index is 0. The van der Waals surface area contributed by atoms with Gasteiger partial charge in [-0.3, -0.25) is 4.79 Å². The molecular formula is C10H22ClN3O3S. The lowest BCUT2D eigenvalue weighted by Gasteiger charge is -2.26. The number of likely N-dealkylation sites (tertiary alicyclic amines) is 1. The van der Waals surface area contributed by atoms with Gasteiger partial charge in [-0.25, -0.2) is 8.42 Å². The van der Waals surface area contributed by atoms with Gasteiger partial charge in [-0.2, -0.15) is 4.31 Å². The maximum atomic E-state index is 12.0. The van der Waals surface area contributed by atoms with Crippen LogP contribution in [0, 0.1) is 0 Å². The molecule has 0 radical (unpaired) electrons. The van der Waals surface area contributed by atoms with Crippen LogP contribution in [0.3, 0.4) is 0 Å². The molecule has 1 fully saturated rings. The molecule has 108 valence electrons. The first-order valence-electron chi connectivity index (χ1n) is 5.71. The highest BCUT2D eigenvalue weighted by Crippen LogP contribution is 2.16. The first-order valence-corrected chi connectivity index (χ1v) is 7.56. The van der Waals surface area contributed by atoms with E-state index in [1.807, 2.05) is 7.05 Å². The van der Waals surface area contributed by atoms with Gasteiger partial charge >= 0.3 is 0 Å². The molecule has 1 aliphatic heterocycles. The van der Waals surface area contributed by atoms with Crippen LogP contribution in [0.1, 0.15) is 12.8 Å². The van der Waals surface area contributed by atoms with Crippen molar-refractivity contribution >= 4 is 28.3 Å². The fraction of sp³-hybridized carbons (Fsp3) is 0.900. The number of halogens is 1. The lowest BCUT2D eigenvalue weighted by Crippen LogP contribution is -2.45. The average molecular weight is 300 g/mol. The van der Waals surface area contributed by atoms with Gasteiger partial charge in [-0.05, 0) is 19.9 Å². The molecule has 1 N–H and O–H groups in total. The smallest absolute Gasteiger partial charge is 0.238 e. The molecule has 0 aromatic heterocycles. The van der Waals surface area contributed by atoms with Crippen molar-refractivity contribution < 1.29 is 13.2 Å². The molecule has 1 unspecified atom stereocenters. The summed E-state index contributed by atoms with van der Waals surface area (Å²) in [6.45, 7) is 1.41. The van der Waals surface area contributed by atoms with Crippen LogP contribution >= 0.6 is 12.4 Å². The number of likely N-dealkylation sites (N-methyl/N-ethyl adjacent to an activating group) is 2. The van der Waals surface area contributed by atoms with E-state index in [-0.39, 0.29) is 30.9 Å². The molecule has 0 aromatic carbocycles. The quantitative estimate of drug-likeness (QED) is 0.744. The number of nitrogens with one attached hydrogen (secondary N) is 1. The Morgan fingerprint density at radius 1 is 1.50 bits per heavy atom. The summed E-state index contributed by atoms with van der Waals surface area (Å²) in [6, 6.07) is 0.195. The number of rotatable bonds is 5. The van der Waals surface area contributed by atoms with Gasteiger partial charge in [0, 0.05) is 26.2 Å². The van der Waals surface area contributed by atoms with Crippen LogP contribution in [0.5, 0.6) is 0 Å². The maximum absolute atomic E-state index is 12.0. The number of hydrogen-bond donors (Lipinski definition) is 1. The minimum atomic E-state index is -3.29. The summed E-state index contributed by atoms with van der Waals surface area (Å²) in [5.41, 5.74) is 0. The van der Waals surface area contributed by atoms with E-state index in [9.17, 15) is 13.2 Å². The molecule has 0 bridgehead atoms. The van der Waals surface area contributed by atoms with Crippen molar-refractivity contribution in [2.24, 2.45) is 0 Å². The first-order chi connectivity index (χ1) is 7.86. The average Bonchev–Trinajstić information content (AvgIpc) is 2.65. The molecule has 0 spiro atoms. The van der Waals surface area contributed by atoms with E-state index < -0.39 is 10.0 Å². The molecule has 1 heterocycles. The number of nitrogens with zero attached hydrogens (tertiary/aromatic N) is 2. The summed E-state index contributed by atoms with van der Waals surface area (Å²) in [5.74, 6) is -0.115. The van der Waals surface area contributed by atoms with E-state index in [2.05, 4.69) is 5.32 Å². The standard InChI is InChI=1S/C10H21N3O3S.ClH/c1-11-7-9-5-4-6-13(9)10(14)8-12(2)17(3,15)16;/h9,11H,4-8H2,1-3H3;1H. The Morgan fingerprint density at radius 2 is 2.11 bits per heavy atom. The Morgan fingerprint density at radius 3 is 2.61 bits per heavy atom. The molecule has 0 saturated carbocycles. The van der Waals surface area contributed by atoms with E-state index in [0.29, 0.717) is 0 Å². The Labute approximate surface area is 115 Å². The topological polar surface area (TPSA) is 69.7 Å². The Kier molecular flexibility index (Phi) is 7.13. The third kappa shape index (κ3) is 4.72. The van der Waals surface area contributed by atoms with Gasteiger partial charge in [-0.15, -0.1) is 12.4 Å². The Hall–Kier alpha value is -0.370. The molecule has 0 aliphatic carbocycles. The minimum Gasteiger partial charge on any atom is -0.337 e. The van der Waals surface area contributed by atoms with Crippen LogP contribution in [0.2, 0.25) is 0 Å². The van der Waals surface area contributed by atoms with E-state index >= 15 is 0 Å². The monoisotopic (exact) mass is 299 g/mol. The van der Waals surface area contributed by atoms with Crippen LogP contribution in [0.4, 0.5) is 0 Å². The number of sulfonamides is 1. The molecular weight excluding hydrogens is 278 g/mol. The van der Waals surface area contributed by atoms with Crippen LogP contribution in [0.15, 0.2) is 0 Å². The third-order valence-corrected chi connectivity index (χ3v) is 4.32. The van der Waals surface area contributed by atoms with Gasteiger partial charge in [-0.1, -0.05) is 0 Å². The van der Waals surface area contributed by atoms with Crippen LogP contribution in [-0.4, -0.2) is 69.6 Å². The van der Waals surface area contributed by atoms with Crippen molar-refractivity contribution in [1.29, 1.82) is 0 Å². The zero-order valence-corrected chi connectivity index (χ0v) is 12.7. The molecule has 1 atom stereocenters. The van der Waals surface area contributed by atoms with Crippen molar-refractivity contribution in [3.8, 4) is 0 Å². The zero-order chi connectivity index (χ0) is 13.1. The fourth-order valence-corrected chi connectivity index (χ4v) is 2.36. The molecule has 8 heteroatoms. The van der Waals surface area contributed by atoms with Gasteiger partial charge < -0.3 is 10.2 Å². The summed E-state index contributed by atoms with van der Waals surface area (Å²) < 4.78 is 23.6. The predicted molar refractivity (Wildman–Crippen MR) is 73.4 cm³/mol. The van der Waals surface area contributed by atoms with E-state index in [1.54, 1.807) is 4.90 Å². The van der Waals surface area contributed by atoms with E-state index in [0.717, 1.165) is 36.5 Å². The molecule has 1 aliphatic rings. The summed E-state index contributed by atoms with van der Waals surface area (Å²) in [6.07, 6.45) is 3.07. The molecule has 6 nitrogen and oxygen atoms in total. The van der Waals surface area contributed by atoms with Gasteiger partial charge in [0.05, 0.1) is 12.8 Å². The summed E-state index contributed by atoms with van der Waals surface area (Å²) >= 11 is 0. The van der Waals surface area contributed by atoms with Gasteiger partial charge in [0.25, 0.3) is 0 Å². The first kappa shape index (κ1) is 17.6. The lowest BCUT2D eigenvalue weighted by molar-refractivity contribution is -0.131. The van der Waals surface area contributed by atoms with Crippen molar-refractivity contribution in [2.45, 2.75) is 18.9 Å². The fourth-order valence-electron chi connectivity index (χ4n) is 2.01. The van der Waals surface area contributed by atoms with E-state index in [1.165, 1.54) is 7.05 Å². The highest BCUT2D eigenvalue weighted by atomic mass is 35.5. The van der Waals surface area contributed by atoms with Gasteiger partial charge in [0.2, 0.25) is 15.9 Å². The van der Waals surface area contributed by atoms with Crippen LogP contribution in [0.25, 0.3) is 0 Å². The second kappa shape index (κ2) is 7.28. The predicted octanol–water partition coefficient (Wildman–Crippen LogP) is -0.490. The second-order valence-corrected chi connectivity index (χ2v) is 6.55. The Balaban J connectivity index is 0.00000289.